The van der Waals surface area contributed by atoms with Crippen molar-refractivity contribution >= 4 is 10.8 Å². The highest BCUT2D eigenvalue weighted by molar-refractivity contribution is 5.83. The number of rotatable bonds is 5. The lowest BCUT2D eigenvalue weighted by Gasteiger charge is -2.17. The van der Waals surface area contributed by atoms with Crippen LogP contribution in [0, 0.1) is 0 Å². The summed E-state index contributed by atoms with van der Waals surface area (Å²) < 4.78 is 5.72. The van der Waals surface area contributed by atoms with Crippen molar-refractivity contribution in [1.29, 1.82) is 0 Å². The first-order valence-corrected chi connectivity index (χ1v) is 7.44. The lowest BCUT2D eigenvalue weighted by Crippen LogP contribution is -3.11. The fraction of sp³-hybridized carbons (Fsp3) is 0.412. The number of hydrogen-bond donors (Lipinski definition) is 2. The van der Waals surface area contributed by atoms with Crippen molar-refractivity contribution in [1.82, 2.24) is 0 Å². The number of ether oxygens (including phenoxy) is 1. The molecule has 1 fully saturated rings. The summed E-state index contributed by atoms with van der Waals surface area (Å²) in [5.41, 5.74) is 0. The largest absolute Gasteiger partial charge is 0.491 e. The van der Waals surface area contributed by atoms with E-state index in [4.69, 9.17) is 4.74 Å². The molecule has 1 aliphatic rings. The van der Waals surface area contributed by atoms with Gasteiger partial charge in [0.25, 0.3) is 0 Å². The summed E-state index contributed by atoms with van der Waals surface area (Å²) >= 11 is 0. The van der Waals surface area contributed by atoms with Gasteiger partial charge in [-0.3, -0.25) is 0 Å². The first-order chi connectivity index (χ1) is 9.81. The molecule has 2 aromatic carbocycles. The lowest BCUT2D eigenvalue weighted by atomic mass is 10.1. The topological polar surface area (TPSA) is 33.9 Å². The molecule has 1 atom stereocenters. The van der Waals surface area contributed by atoms with E-state index in [9.17, 15) is 5.11 Å². The van der Waals surface area contributed by atoms with E-state index < -0.39 is 0 Å². The van der Waals surface area contributed by atoms with Gasteiger partial charge in [0.15, 0.2) is 0 Å². The lowest BCUT2D eigenvalue weighted by molar-refractivity contribution is -0.890. The van der Waals surface area contributed by atoms with Crippen molar-refractivity contribution in [2.45, 2.75) is 18.9 Å². The normalized spacial score (nSPS) is 17.4. The number of likely N-dealkylation sites (tertiary alicyclic amines) is 1. The van der Waals surface area contributed by atoms with Gasteiger partial charge in [0.2, 0.25) is 0 Å². The Kier molecular flexibility index (Phi) is 4.19. The van der Waals surface area contributed by atoms with Crippen LogP contribution in [0.4, 0.5) is 0 Å². The van der Waals surface area contributed by atoms with Gasteiger partial charge in [-0.1, -0.05) is 30.3 Å². The molecular formula is C17H22NO2+. The Bertz CT molecular complexity index is 564. The van der Waals surface area contributed by atoms with Crippen LogP contribution >= 0.6 is 0 Å². The number of aliphatic hydroxyl groups is 1. The van der Waals surface area contributed by atoms with Crippen LogP contribution in [-0.2, 0) is 0 Å². The Morgan fingerprint density at radius 2 is 1.80 bits per heavy atom. The van der Waals surface area contributed by atoms with Gasteiger partial charge in [-0.05, 0) is 22.9 Å². The molecule has 0 amide bonds. The molecule has 3 rings (SSSR count). The van der Waals surface area contributed by atoms with E-state index in [0.717, 1.165) is 12.3 Å². The summed E-state index contributed by atoms with van der Waals surface area (Å²) in [5, 5.41) is 12.4. The molecule has 0 aromatic heterocycles. The van der Waals surface area contributed by atoms with Crippen LogP contribution in [0.2, 0.25) is 0 Å². The van der Waals surface area contributed by atoms with Crippen molar-refractivity contribution < 1.29 is 14.7 Å². The average Bonchev–Trinajstić information content (AvgIpc) is 2.98. The van der Waals surface area contributed by atoms with E-state index in [0.29, 0.717) is 6.61 Å². The Labute approximate surface area is 119 Å². The third kappa shape index (κ3) is 3.30. The third-order valence-electron chi connectivity index (χ3n) is 4.00. The summed E-state index contributed by atoms with van der Waals surface area (Å²) in [5.74, 6) is 0.833. The molecule has 3 nitrogen and oxygen atoms in total. The molecule has 1 aliphatic heterocycles. The second kappa shape index (κ2) is 6.25. The molecule has 20 heavy (non-hydrogen) atoms. The van der Waals surface area contributed by atoms with Gasteiger partial charge in [-0.25, -0.2) is 0 Å². The Morgan fingerprint density at radius 3 is 2.60 bits per heavy atom. The maximum Gasteiger partial charge on any atom is 0.137 e. The number of quaternary nitrogens is 1. The average molecular weight is 272 g/mol. The van der Waals surface area contributed by atoms with Crippen LogP contribution in [0.5, 0.6) is 5.75 Å². The SMILES string of the molecule is O[C@@H](COc1ccc2ccccc2c1)C[NH+]1CCCC1. The van der Waals surface area contributed by atoms with Gasteiger partial charge < -0.3 is 14.7 Å². The van der Waals surface area contributed by atoms with Gasteiger partial charge in [0.1, 0.15) is 25.0 Å². The summed E-state index contributed by atoms with van der Waals surface area (Å²) in [7, 11) is 0. The van der Waals surface area contributed by atoms with Gasteiger partial charge in [0.05, 0.1) is 13.1 Å². The summed E-state index contributed by atoms with van der Waals surface area (Å²) in [6, 6.07) is 14.3. The molecule has 0 radical (unpaired) electrons. The highest BCUT2D eigenvalue weighted by Gasteiger charge is 2.19. The smallest absolute Gasteiger partial charge is 0.137 e. The Hall–Kier alpha value is -1.58. The molecule has 3 heteroatoms. The second-order valence-corrected chi connectivity index (χ2v) is 5.64. The highest BCUT2D eigenvalue weighted by atomic mass is 16.5. The minimum Gasteiger partial charge on any atom is -0.491 e. The zero-order valence-electron chi connectivity index (χ0n) is 11.7. The van der Waals surface area contributed by atoms with Crippen molar-refractivity contribution in [3.8, 4) is 5.75 Å². The van der Waals surface area contributed by atoms with Gasteiger partial charge in [-0.15, -0.1) is 0 Å². The van der Waals surface area contributed by atoms with E-state index >= 15 is 0 Å². The molecule has 106 valence electrons. The van der Waals surface area contributed by atoms with Crippen molar-refractivity contribution in [3.63, 3.8) is 0 Å². The fourth-order valence-electron chi connectivity index (χ4n) is 2.92. The number of nitrogens with one attached hydrogen (secondary N) is 1. The molecule has 1 heterocycles. The fourth-order valence-corrected chi connectivity index (χ4v) is 2.92. The standard InChI is InChI=1S/C17H21NO2/c19-16(12-18-9-3-4-10-18)13-20-17-8-7-14-5-1-2-6-15(14)11-17/h1-2,5-8,11,16,19H,3-4,9-10,12-13H2/p+1/t16-/m1/s1. The first kappa shape index (κ1) is 13.4. The van der Waals surface area contributed by atoms with Crippen LogP contribution in [0.15, 0.2) is 42.5 Å². The zero-order chi connectivity index (χ0) is 13.8. The van der Waals surface area contributed by atoms with E-state index in [-0.39, 0.29) is 6.10 Å². The minimum atomic E-state index is -0.380. The zero-order valence-corrected chi connectivity index (χ0v) is 11.7. The maximum atomic E-state index is 10.0. The van der Waals surface area contributed by atoms with Crippen LogP contribution in [0.3, 0.4) is 0 Å². The third-order valence-corrected chi connectivity index (χ3v) is 4.00. The number of aliphatic hydroxyl groups excluding tert-OH is 1. The minimum absolute atomic E-state index is 0.377. The summed E-state index contributed by atoms with van der Waals surface area (Å²) in [6.07, 6.45) is 2.19. The second-order valence-electron chi connectivity index (χ2n) is 5.64. The number of fused-ring (bicyclic) bond motifs is 1. The molecule has 2 aromatic rings. The molecule has 0 spiro atoms. The molecule has 2 N–H and O–H groups in total. The van der Waals surface area contributed by atoms with Crippen LogP contribution < -0.4 is 9.64 Å². The van der Waals surface area contributed by atoms with Gasteiger partial charge in [-0.2, -0.15) is 0 Å². The maximum absolute atomic E-state index is 10.0. The monoisotopic (exact) mass is 272 g/mol. The van der Waals surface area contributed by atoms with Crippen LogP contribution in [-0.4, -0.2) is 37.5 Å². The quantitative estimate of drug-likeness (QED) is 0.859. The van der Waals surface area contributed by atoms with Gasteiger partial charge in [0, 0.05) is 12.8 Å². The van der Waals surface area contributed by atoms with Crippen molar-refractivity contribution in [2.75, 3.05) is 26.2 Å². The van der Waals surface area contributed by atoms with Gasteiger partial charge >= 0.3 is 0 Å². The van der Waals surface area contributed by atoms with Crippen molar-refractivity contribution in [3.05, 3.63) is 42.5 Å². The van der Waals surface area contributed by atoms with Crippen molar-refractivity contribution in [2.24, 2.45) is 0 Å². The summed E-state index contributed by atoms with van der Waals surface area (Å²) in [4.78, 5) is 1.50. The van der Waals surface area contributed by atoms with E-state index in [1.54, 1.807) is 0 Å². The highest BCUT2D eigenvalue weighted by Crippen LogP contribution is 2.20. The Morgan fingerprint density at radius 1 is 1.05 bits per heavy atom. The number of hydrogen-bond acceptors (Lipinski definition) is 2. The predicted octanol–water partition coefficient (Wildman–Crippen LogP) is 1.26. The molecule has 0 unspecified atom stereocenters. The van der Waals surface area contributed by atoms with E-state index in [1.165, 1.54) is 41.6 Å². The molecule has 1 saturated heterocycles. The molecule has 0 aliphatic carbocycles. The number of benzene rings is 2. The molecule has 0 bridgehead atoms. The Balaban J connectivity index is 1.56. The van der Waals surface area contributed by atoms with E-state index in [1.807, 2.05) is 24.3 Å². The first-order valence-electron chi connectivity index (χ1n) is 7.44. The molecular weight excluding hydrogens is 250 g/mol. The van der Waals surface area contributed by atoms with Crippen LogP contribution in [0.25, 0.3) is 10.8 Å². The summed E-state index contributed by atoms with van der Waals surface area (Å²) in [6.45, 7) is 3.55. The van der Waals surface area contributed by atoms with E-state index in [2.05, 4.69) is 18.2 Å². The molecule has 0 saturated carbocycles. The predicted molar refractivity (Wildman–Crippen MR) is 80.2 cm³/mol. The van der Waals surface area contributed by atoms with Crippen LogP contribution in [0.1, 0.15) is 12.8 Å².